The zero-order chi connectivity index (χ0) is 14.0. The van der Waals surface area contributed by atoms with Crippen LogP contribution in [0.25, 0.3) is 10.8 Å². The molecular formula is C16H21NOS. The van der Waals surface area contributed by atoms with Gasteiger partial charge in [0, 0.05) is 11.4 Å². The molecule has 0 radical (unpaired) electrons. The summed E-state index contributed by atoms with van der Waals surface area (Å²) in [5, 5.41) is 2.45. The van der Waals surface area contributed by atoms with E-state index in [2.05, 4.69) is 35.1 Å². The summed E-state index contributed by atoms with van der Waals surface area (Å²) in [5.41, 5.74) is 1.16. The molecule has 2 rings (SSSR count). The van der Waals surface area contributed by atoms with Crippen molar-refractivity contribution in [3.05, 3.63) is 48.0 Å². The Hall–Kier alpha value is -1.03. The van der Waals surface area contributed by atoms with Crippen molar-refractivity contribution in [2.24, 2.45) is 0 Å². The maximum absolute atomic E-state index is 12.1. The highest BCUT2D eigenvalue weighted by Gasteiger charge is 2.28. The van der Waals surface area contributed by atoms with E-state index in [-0.39, 0.29) is 10.8 Å². The van der Waals surface area contributed by atoms with E-state index in [0.29, 0.717) is 0 Å². The monoisotopic (exact) mass is 275 g/mol. The number of benzene rings is 2. The third kappa shape index (κ3) is 3.50. The van der Waals surface area contributed by atoms with Crippen LogP contribution in [0.5, 0.6) is 0 Å². The topological polar surface area (TPSA) is 35.1 Å². The summed E-state index contributed by atoms with van der Waals surface area (Å²) in [6.07, 6.45) is 0. The van der Waals surface area contributed by atoms with Crippen LogP contribution in [0, 0.1) is 0 Å². The molecule has 19 heavy (non-hydrogen) atoms. The maximum Gasteiger partial charge on any atom is 0.136 e. The lowest BCUT2D eigenvalue weighted by Crippen LogP contribution is -2.40. The molecule has 2 atom stereocenters. The van der Waals surface area contributed by atoms with E-state index in [1.807, 2.05) is 39.8 Å². The van der Waals surface area contributed by atoms with Gasteiger partial charge in [-0.25, -0.2) is 0 Å². The van der Waals surface area contributed by atoms with Gasteiger partial charge in [-0.05, 0) is 50.1 Å². The predicted octanol–water partition coefficient (Wildman–Crippen LogP) is 3.95. The quantitative estimate of drug-likeness (QED) is 0.861. The molecule has 3 heteroatoms. The first kappa shape index (κ1) is 14.4. The van der Waals surface area contributed by atoms with Crippen molar-refractivity contribution in [3.63, 3.8) is 0 Å². The van der Waals surface area contributed by atoms with Gasteiger partial charge < -0.3 is 4.55 Å². The lowest BCUT2D eigenvalue weighted by Gasteiger charge is -2.26. The minimum absolute atomic E-state index is 0.0738. The molecule has 0 unspecified atom stereocenters. The standard InChI is InChI=1S/C16H21NOS/c1-12(17-19(18)16(2,3)4)14-10-9-13-7-5-6-8-15(13)11-14/h5-12,17H,1-4H3/t12-,19+/m0/s1. The zero-order valence-corrected chi connectivity index (χ0v) is 12.8. The van der Waals surface area contributed by atoms with Gasteiger partial charge in [0.15, 0.2) is 0 Å². The fourth-order valence-corrected chi connectivity index (χ4v) is 2.69. The molecular weight excluding hydrogens is 254 g/mol. The lowest BCUT2D eigenvalue weighted by molar-refractivity contribution is 0.531. The average molecular weight is 275 g/mol. The van der Waals surface area contributed by atoms with Gasteiger partial charge in [0.2, 0.25) is 0 Å². The van der Waals surface area contributed by atoms with Gasteiger partial charge in [-0.1, -0.05) is 36.4 Å². The molecule has 0 aliphatic rings. The SMILES string of the molecule is C[C@H](N[S@+]([O-])C(C)(C)C)c1ccc2ccccc2c1. The number of hydrogen-bond donors (Lipinski definition) is 1. The molecule has 0 saturated heterocycles. The highest BCUT2D eigenvalue weighted by atomic mass is 32.2. The molecule has 0 aliphatic carbocycles. The van der Waals surface area contributed by atoms with Crippen LogP contribution in [0.2, 0.25) is 0 Å². The Morgan fingerprint density at radius 3 is 2.32 bits per heavy atom. The van der Waals surface area contributed by atoms with Gasteiger partial charge in [0.05, 0.1) is 6.04 Å². The first-order chi connectivity index (χ1) is 8.88. The van der Waals surface area contributed by atoms with Crippen molar-refractivity contribution in [3.8, 4) is 0 Å². The lowest BCUT2D eigenvalue weighted by atomic mass is 10.0. The number of hydrogen-bond acceptors (Lipinski definition) is 2. The van der Waals surface area contributed by atoms with Crippen LogP contribution in [0.1, 0.15) is 39.3 Å². The number of nitrogens with one attached hydrogen (secondary N) is 1. The summed E-state index contributed by atoms with van der Waals surface area (Å²) < 4.78 is 15.0. The molecule has 0 spiro atoms. The van der Waals surface area contributed by atoms with Crippen LogP contribution in [-0.4, -0.2) is 9.30 Å². The fourth-order valence-electron chi connectivity index (χ4n) is 1.88. The highest BCUT2D eigenvalue weighted by molar-refractivity contribution is 7.90. The first-order valence-corrected chi connectivity index (χ1v) is 7.69. The largest absolute Gasteiger partial charge is 0.598 e. The van der Waals surface area contributed by atoms with Crippen LogP contribution >= 0.6 is 0 Å². The molecule has 0 saturated carbocycles. The summed E-state index contributed by atoms with van der Waals surface area (Å²) in [5.74, 6) is 0. The van der Waals surface area contributed by atoms with Gasteiger partial charge in [0.1, 0.15) is 4.75 Å². The van der Waals surface area contributed by atoms with E-state index >= 15 is 0 Å². The average Bonchev–Trinajstić information content (AvgIpc) is 2.37. The molecule has 1 N–H and O–H groups in total. The molecule has 2 aromatic rings. The van der Waals surface area contributed by atoms with Gasteiger partial charge in [0.25, 0.3) is 0 Å². The second-order valence-electron chi connectivity index (χ2n) is 5.83. The van der Waals surface area contributed by atoms with Crippen molar-refractivity contribution >= 4 is 22.1 Å². The van der Waals surface area contributed by atoms with E-state index in [4.69, 9.17) is 0 Å². The normalized spacial score (nSPS) is 15.4. The second kappa shape index (κ2) is 5.53. The predicted molar refractivity (Wildman–Crippen MR) is 83.4 cm³/mol. The molecule has 2 aromatic carbocycles. The van der Waals surface area contributed by atoms with Gasteiger partial charge in [-0.3, -0.25) is 0 Å². The Bertz CT molecular complexity index is 562. The Labute approximate surface area is 118 Å². The van der Waals surface area contributed by atoms with E-state index in [0.717, 1.165) is 5.56 Å². The van der Waals surface area contributed by atoms with Crippen molar-refractivity contribution < 1.29 is 4.55 Å². The minimum atomic E-state index is -1.05. The van der Waals surface area contributed by atoms with Crippen molar-refractivity contribution in [1.82, 2.24) is 4.72 Å². The molecule has 102 valence electrons. The first-order valence-electron chi connectivity index (χ1n) is 6.54. The second-order valence-corrected chi connectivity index (χ2v) is 7.83. The zero-order valence-electron chi connectivity index (χ0n) is 11.9. The Kier molecular flexibility index (Phi) is 4.19. The van der Waals surface area contributed by atoms with Gasteiger partial charge in [-0.2, -0.15) is 0 Å². The molecule has 0 fully saturated rings. The molecule has 2 nitrogen and oxygen atoms in total. The van der Waals surface area contributed by atoms with Crippen molar-refractivity contribution in [2.45, 2.75) is 38.5 Å². The van der Waals surface area contributed by atoms with Crippen LogP contribution in [0.3, 0.4) is 0 Å². The Morgan fingerprint density at radius 2 is 1.68 bits per heavy atom. The van der Waals surface area contributed by atoms with E-state index in [1.54, 1.807) is 0 Å². The minimum Gasteiger partial charge on any atom is -0.598 e. The fraction of sp³-hybridized carbons (Fsp3) is 0.375. The molecule has 0 amide bonds. The number of fused-ring (bicyclic) bond motifs is 1. The summed E-state index contributed by atoms with van der Waals surface area (Å²) >= 11 is -1.05. The molecule has 0 aromatic heterocycles. The molecule has 0 bridgehead atoms. The van der Waals surface area contributed by atoms with E-state index < -0.39 is 11.4 Å². The van der Waals surface area contributed by atoms with Crippen LogP contribution in [-0.2, 0) is 11.4 Å². The van der Waals surface area contributed by atoms with Crippen LogP contribution < -0.4 is 4.72 Å². The summed E-state index contributed by atoms with van der Waals surface area (Å²) in [7, 11) is 0. The van der Waals surface area contributed by atoms with Crippen LogP contribution in [0.4, 0.5) is 0 Å². The van der Waals surface area contributed by atoms with Crippen molar-refractivity contribution in [1.29, 1.82) is 0 Å². The van der Waals surface area contributed by atoms with Gasteiger partial charge >= 0.3 is 0 Å². The van der Waals surface area contributed by atoms with E-state index in [9.17, 15) is 4.55 Å². The van der Waals surface area contributed by atoms with Crippen molar-refractivity contribution in [2.75, 3.05) is 0 Å². The summed E-state index contributed by atoms with van der Waals surface area (Å²) in [6.45, 7) is 7.98. The van der Waals surface area contributed by atoms with Gasteiger partial charge in [-0.15, -0.1) is 4.72 Å². The third-order valence-corrected chi connectivity index (χ3v) is 4.79. The maximum atomic E-state index is 12.1. The summed E-state index contributed by atoms with van der Waals surface area (Å²) in [4.78, 5) is 0. The molecule has 0 aliphatic heterocycles. The Morgan fingerprint density at radius 1 is 1.05 bits per heavy atom. The van der Waals surface area contributed by atoms with Crippen LogP contribution in [0.15, 0.2) is 42.5 Å². The van der Waals surface area contributed by atoms with E-state index in [1.165, 1.54) is 10.8 Å². The highest BCUT2D eigenvalue weighted by Crippen LogP contribution is 2.23. The third-order valence-electron chi connectivity index (χ3n) is 3.11. The Balaban J connectivity index is 2.19. The number of rotatable bonds is 3. The smallest absolute Gasteiger partial charge is 0.136 e. The molecule has 0 heterocycles. The summed E-state index contributed by atoms with van der Waals surface area (Å²) in [6, 6.07) is 14.7.